The summed E-state index contributed by atoms with van der Waals surface area (Å²) in [4.78, 5) is 0. The molecule has 0 N–H and O–H groups in total. The summed E-state index contributed by atoms with van der Waals surface area (Å²) in [5.74, 6) is 0. The second-order valence-electron chi connectivity index (χ2n) is 3.99. The second-order valence-corrected chi connectivity index (χ2v) is 3.99. The summed E-state index contributed by atoms with van der Waals surface area (Å²) >= 11 is 0. The van der Waals surface area contributed by atoms with Crippen LogP contribution in [0, 0.1) is 6.42 Å². The van der Waals surface area contributed by atoms with Crippen molar-refractivity contribution in [2.45, 2.75) is 19.3 Å². The van der Waals surface area contributed by atoms with Gasteiger partial charge in [0.15, 0.2) is 0 Å². The summed E-state index contributed by atoms with van der Waals surface area (Å²) in [7, 11) is 0. The van der Waals surface area contributed by atoms with Crippen LogP contribution in [0.25, 0.3) is 0 Å². The third kappa shape index (κ3) is 5.17. The van der Waals surface area contributed by atoms with Crippen LogP contribution in [-0.4, -0.2) is 0 Å². The van der Waals surface area contributed by atoms with E-state index in [1.165, 1.54) is 24.0 Å². The second kappa shape index (κ2) is 8.07. The van der Waals surface area contributed by atoms with Crippen molar-refractivity contribution in [3.05, 3.63) is 78.2 Å². The molecule has 0 saturated carbocycles. The van der Waals surface area contributed by atoms with Crippen molar-refractivity contribution in [3.63, 3.8) is 0 Å². The van der Waals surface area contributed by atoms with E-state index in [4.69, 9.17) is 0 Å². The molecule has 0 atom stereocenters. The van der Waals surface area contributed by atoms with Crippen LogP contribution in [0.4, 0.5) is 0 Å². The Hall–Kier alpha value is -1.09. The molecule has 0 spiro atoms. The van der Waals surface area contributed by atoms with Crippen LogP contribution in [0.1, 0.15) is 24.0 Å². The molecule has 0 saturated heterocycles. The maximum atomic E-state index is 2.31. The topological polar surface area (TPSA) is 0 Å². The molecule has 2 rings (SSSR count). The number of aryl methyl sites for hydroxylation is 1. The molecule has 0 fully saturated rings. The molecule has 0 heterocycles. The van der Waals surface area contributed by atoms with Crippen molar-refractivity contribution in [1.82, 2.24) is 0 Å². The first-order chi connectivity index (χ1) is 7.95. The van der Waals surface area contributed by atoms with Crippen LogP contribution < -0.4 is 18.9 Å². The normalized spacial score (nSPS) is 9.41. The van der Waals surface area contributed by atoms with E-state index in [1.54, 1.807) is 0 Å². The molecule has 0 amide bonds. The molecule has 82 valence electrons. The van der Waals surface area contributed by atoms with E-state index in [-0.39, 0.29) is 18.9 Å². The fraction of sp³-hybridized carbons (Fsp3) is 0.188. The third-order valence-electron chi connectivity index (χ3n) is 2.69. The first-order valence-electron chi connectivity index (χ1n) is 5.87. The van der Waals surface area contributed by atoms with E-state index in [2.05, 4.69) is 67.1 Å². The Kier molecular flexibility index (Phi) is 6.63. The molecule has 0 unspecified atom stereocenters. The van der Waals surface area contributed by atoms with E-state index in [0.29, 0.717) is 0 Å². The molecule has 2 aromatic carbocycles. The molecular formula is C16H17Li. The maximum Gasteiger partial charge on any atom is 1.00 e. The van der Waals surface area contributed by atoms with Crippen molar-refractivity contribution in [2.24, 2.45) is 0 Å². The van der Waals surface area contributed by atoms with Gasteiger partial charge in [-0.2, -0.15) is 24.1 Å². The van der Waals surface area contributed by atoms with Crippen LogP contribution in [0.5, 0.6) is 0 Å². The van der Waals surface area contributed by atoms with Crippen LogP contribution in [-0.2, 0) is 6.42 Å². The predicted molar refractivity (Wildman–Crippen MR) is 69.2 cm³/mol. The minimum Gasteiger partial charge on any atom is -0.192 e. The first kappa shape index (κ1) is 14.0. The van der Waals surface area contributed by atoms with E-state index < -0.39 is 0 Å². The van der Waals surface area contributed by atoms with Gasteiger partial charge >= 0.3 is 18.9 Å². The monoisotopic (exact) mass is 216 g/mol. The van der Waals surface area contributed by atoms with E-state index in [1.807, 2.05) is 0 Å². The van der Waals surface area contributed by atoms with E-state index in [0.717, 1.165) is 6.42 Å². The Morgan fingerprint density at radius 1 is 0.765 bits per heavy atom. The minimum absolute atomic E-state index is 0. The van der Waals surface area contributed by atoms with E-state index >= 15 is 0 Å². The summed E-state index contributed by atoms with van der Waals surface area (Å²) in [6.45, 7) is 0. The average Bonchev–Trinajstić information content (AvgIpc) is 2.37. The van der Waals surface area contributed by atoms with Crippen LogP contribution in [0.15, 0.2) is 60.7 Å². The third-order valence-corrected chi connectivity index (χ3v) is 2.69. The molecule has 0 aromatic heterocycles. The van der Waals surface area contributed by atoms with Gasteiger partial charge in [-0.25, -0.2) is 0 Å². The van der Waals surface area contributed by atoms with E-state index in [9.17, 15) is 0 Å². The standard InChI is InChI=1S/C16H17.Li/c1-3-9-15(10-4-1)13-7-8-14-16-11-5-2-6-12-16;/h1-6,9-13H,7-8,14H2;/q-1;+1. The van der Waals surface area contributed by atoms with Gasteiger partial charge in [-0.05, 0) is 12.0 Å². The summed E-state index contributed by atoms with van der Waals surface area (Å²) < 4.78 is 0. The van der Waals surface area contributed by atoms with Crippen LogP contribution in [0.2, 0.25) is 0 Å². The van der Waals surface area contributed by atoms with Gasteiger partial charge < -0.3 is 0 Å². The SMILES string of the molecule is [Li+].c1ccc([CH-]CCCc2ccccc2)cc1. The van der Waals surface area contributed by atoms with Crippen LogP contribution in [0.3, 0.4) is 0 Å². The maximum absolute atomic E-state index is 2.31. The first-order valence-corrected chi connectivity index (χ1v) is 5.87. The minimum atomic E-state index is 0. The van der Waals surface area contributed by atoms with Crippen molar-refractivity contribution in [2.75, 3.05) is 0 Å². The zero-order valence-electron chi connectivity index (χ0n) is 10.5. The number of hydrogen-bond donors (Lipinski definition) is 0. The number of rotatable bonds is 5. The Morgan fingerprint density at radius 2 is 1.35 bits per heavy atom. The van der Waals surface area contributed by atoms with Crippen molar-refractivity contribution >= 4 is 0 Å². The van der Waals surface area contributed by atoms with Gasteiger partial charge in [0.25, 0.3) is 0 Å². The number of benzene rings is 2. The molecule has 0 nitrogen and oxygen atoms in total. The Morgan fingerprint density at radius 3 is 2.00 bits per heavy atom. The molecule has 17 heavy (non-hydrogen) atoms. The van der Waals surface area contributed by atoms with Crippen molar-refractivity contribution in [3.8, 4) is 0 Å². The van der Waals surface area contributed by atoms with Gasteiger partial charge in [-0.15, -0.1) is 12.1 Å². The Labute approximate surface area is 116 Å². The molecule has 1 heteroatoms. The molecule has 0 aliphatic heterocycles. The summed E-state index contributed by atoms with van der Waals surface area (Å²) in [5, 5.41) is 0. The van der Waals surface area contributed by atoms with Crippen molar-refractivity contribution < 1.29 is 18.9 Å². The summed E-state index contributed by atoms with van der Waals surface area (Å²) in [6, 6.07) is 21.2. The summed E-state index contributed by atoms with van der Waals surface area (Å²) in [6.07, 6.45) is 5.85. The van der Waals surface area contributed by atoms with Gasteiger partial charge in [-0.1, -0.05) is 49.2 Å². The molecule has 0 aliphatic carbocycles. The fourth-order valence-corrected chi connectivity index (χ4v) is 1.81. The fourth-order valence-electron chi connectivity index (χ4n) is 1.81. The Bertz CT molecular complexity index is 353. The van der Waals surface area contributed by atoms with Crippen molar-refractivity contribution in [1.29, 1.82) is 0 Å². The Balaban J connectivity index is 0.00000144. The number of hydrogen-bond acceptors (Lipinski definition) is 0. The molecule has 2 aromatic rings. The molecular weight excluding hydrogens is 199 g/mol. The number of unbranched alkanes of at least 4 members (excludes halogenated alkanes) is 1. The van der Waals surface area contributed by atoms with Gasteiger partial charge in [0.1, 0.15) is 0 Å². The van der Waals surface area contributed by atoms with Gasteiger partial charge in [0, 0.05) is 0 Å². The quantitative estimate of drug-likeness (QED) is 0.401. The molecule has 0 aliphatic rings. The van der Waals surface area contributed by atoms with Gasteiger partial charge in [0.2, 0.25) is 0 Å². The van der Waals surface area contributed by atoms with Gasteiger partial charge in [-0.3, -0.25) is 0 Å². The zero-order valence-corrected chi connectivity index (χ0v) is 10.5. The van der Waals surface area contributed by atoms with Gasteiger partial charge in [0.05, 0.1) is 0 Å². The smallest absolute Gasteiger partial charge is 0.192 e. The largest absolute Gasteiger partial charge is 1.00 e. The van der Waals surface area contributed by atoms with Crippen LogP contribution >= 0.6 is 0 Å². The predicted octanol–water partition coefficient (Wildman–Crippen LogP) is 1.27. The molecule has 0 bridgehead atoms. The zero-order chi connectivity index (χ0) is 11.1. The summed E-state index contributed by atoms with van der Waals surface area (Å²) in [5.41, 5.74) is 2.76. The molecule has 0 radical (unpaired) electrons. The average molecular weight is 216 g/mol.